The van der Waals surface area contributed by atoms with Crippen LogP contribution in [-0.2, 0) is 6.42 Å². The zero-order chi connectivity index (χ0) is 14.2. The van der Waals surface area contributed by atoms with Crippen molar-refractivity contribution in [1.29, 1.82) is 0 Å². The maximum absolute atomic E-state index is 3.80. The van der Waals surface area contributed by atoms with Gasteiger partial charge < -0.3 is 5.32 Å². The van der Waals surface area contributed by atoms with Gasteiger partial charge in [0.05, 0.1) is 0 Å². The number of rotatable bonds is 9. The van der Waals surface area contributed by atoms with E-state index < -0.39 is 0 Å². The van der Waals surface area contributed by atoms with E-state index in [0.717, 1.165) is 18.9 Å². The molecule has 1 aliphatic rings. The summed E-state index contributed by atoms with van der Waals surface area (Å²) in [6.45, 7) is 7.11. The van der Waals surface area contributed by atoms with Gasteiger partial charge >= 0.3 is 0 Å². The second-order valence-corrected chi connectivity index (χ2v) is 5.93. The molecule has 0 saturated heterocycles. The molecule has 1 heteroatoms. The minimum Gasteiger partial charge on any atom is -0.314 e. The van der Waals surface area contributed by atoms with Crippen molar-refractivity contribution >= 4 is 0 Å². The van der Waals surface area contributed by atoms with Crippen molar-refractivity contribution in [3.8, 4) is 0 Å². The second kappa shape index (κ2) is 8.26. The van der Waals surface area contributed by atoms with E-state index in [1.807, 2.05) is 6.08 Å². The second-order valence-electron chi connectivity index (χ2n) is 5.93. The first-order valence-corrected chi connectivity index (χ1v) is 8.29. The molecular formula is C19H29N. The van der Waals surface area contributed by atoms with E-state index >= 15 is 0 Å². The molecule has 0 bridgehead atoms. The van der Waals surface area contributed by atoms with E-state index in [4.69, 9.17) is 0 Å². The van der Waals surface area contributed by atoms with Crippen LogP contribution < -0.4 is 5.32 Å². The summed E-state index contributed by atoms with van der Waals surface area (Å²) in [5.41, 5.74) is 3.18. The van der Waals surface area contributed by atoms with Crippen molar-refractivity contribution in [2.45, 2.75) is 63.8 Å². The van der Waals surface area contributed by atoms with Crippen molar-refractivity contribution in [2.75, 3.05) is 6.54 Å². The predicted octanol–water partition coefficient (Wildman–Crippen LogP) is 4.83. The molecule has 1 nitrogen and oxygen atoms in total. The number of benzene rings is 1. The summed E-state index contributed by atoms with van der Waals surface area (Å²) in [6, 6.07) is 9.69. The lowest BCUT2D eigenvalue weighted by Crippen LogP contribution is -2.34. The molecule has 0 heterocycles. The molecule has 2 atom stereocenters. The summed E-state index contributed by atoms with van der Waals surface area (Å²) >= 11 is 0. The zero-order valence-corrected chi connectivity index (χ0v) is 12.9. The van der Waals surface area contributed by atoms with Gasteiger partial charge in [-0.2, -0.15) is 0 Å². The highest BCUT2D eigenvalue weighted by molar-refractivity contribution is 5.36. The maximum Gasteiger partial charge on any atom is 0.0136 e. The van der Waals surface area contributed by atoms with Crippen LogP contribution in [0.25, 0.3) is 0 Å². The third kappa shape index (κ3) is 3.96. The molecule has 110 valence electrons. The van der Waals surface area contributed by atoms with Crippen LogP contribution in [0.4, 0.5) is 0 Å². The molecular weight excluding hydrogens is 242 g/mol. The highest BCUT2D eigenvalue weighted by Crippen LogP contribution is 2.36. The number of aryl methyl sites for hydroxylation is 1. The molecule has 20 heavy (non-hydrogen) atoms. The molecule has 1 aliphatic carbocycles. The van der Waals surface area contributed by atoms with Gasteiger partial charge in [0.2, 0.25) is 0 Å². The van der Waals surface area contributed by atoms with Gasteiger partial charge in [0.25, 0.3) is 0 Å². The number of hydrogen-bond acceptors (Lipinski definition) is 1. The van der Waals surface area contributed by atoms with Crippen molar-refractivity contribution in [1.82, 2.24) is 5.32 Å². The normalized spacial score (nSPS) is 18.8. The molecule has 1 aromatic carbocycles. The smallest absolute Gasteiger partial charge is 0.0136 e. The van der Waals surface area contributed by atoms with E-state index in [-0.39, 0.29) is 0 Å². The van der Waals surface area contributed by atoms with Crippen molar-refractivity contribution in [2.24, 2.45) is 0 Å². The molecule has 1 N–H and O–H groups in total. The van der Waals surface area contributed by atoms with Crippen LogP contribution in [-0.4, -0.2) is 12.6 Å². The highest BCUT2D eigenvalue weighted by Gasteiger charge is 2.28. The molecule has 1 aromatic rings. The van der Waals surface area contributed by atoms with E-state index in [2.05, 4.69) is 43.1 Å². The van der Waals surface area contributed by atoms with Crippen LogP contribution >= 0.6 is 0 Å². The number of hydrogen-bond donors (Lipinski definition) is 1. The maximum atomic E-state index is 3.80. The summed E-state index contributed by atoms with van der Waals surface area (Å²) in [5.74, 6) is 0.727. The first-order chi connectivity index (χ1) is 9.86. The Morgan fingerprint density at radius 1 is 1.30 bits per heavy atom. The number of likely N-dealkylation sites (N-methyl/N-ethyl adjacent to an activating group) is 1. The van der Waals surface area contributed by atoms with Gasteiger partial charge in [0.15, 0.2) is 0 Å². The Morgan fingerprint density at radius 3 is 2.95 bits per heavy atom. The Bertz CT molecular complexity index is 410. The first-order valence-electron chi connectivity index (χ1n) is 8.29. The molecule has 0 aromatic heterocycles. The topological polar surface area (TPSA) is 12.0 Å². The lowest BCUT2D eigenvalue weighted by Gasteiger charge is -2.25. The zero-order valence-electron chi connectivity index (χ0n) is 12.9. The van der Waals surface area contributed by atoms with Crippen LogP contribution in [0, 0.1) is 0 Å². The molecule has 0 saturated carbocycles. The molecule has 2 rings (SSSR count). The third-order valence-electron chi connectivity index (χ3n) is 4.55. The molecule has 2 unspecified atom stereocenters. The van der Waals surface area contributed by atoms with Crippen LogP contribution in [0.1, 0.15) is 62.5 Å². The Hall–Kier alpha value is -1.08. The van der Waals surface area contributed by atoms with Gasteiger partial charge in [-0.1, -0.05) is 50.1 Å². The van der Waals surface area contributed by atoms with Crippen LogP contribution in [0.5, 0.6) is 0 Å². The van der Waals surface area contributed by atoms with Crippen molar-refractivity contribution < 1.29 is 0 Å². The van der Waals surface area contributed by atoms with E-state index in [0.29, 0.717) is 6.04 Å². The van der Waals surface area contributed by atoms with Gasteiger partial charge in [-0.25, -0.2) is 0 Å². The van der Waals surface area contributed by atoms with Crippen molar-refractivity contribution in [3.63, 3.8) is 0 Å². The number of allylic oxidation sites excluding steroid dienone is 1. The third-order valence-corrected chi connectivity index (χ3v) is 4.55. The minimum absolute atomic E-state index is 0.660. The van der Waals surface area contributed by atoms with E-state index in [1.54, 1.807) is 11.1 Å². The Morgan fingerprint density at radius 2 is 2.15 bits per heavy atom. The van der Waals surface area contributed by atoms with E-state index in [9.17, 15) is 0 Å². The van der Waals surface area contributed by atoms with Crippen LogP contribution in [0.2, 0.25) is 0 Å². The summed E-state index contributed by atoms with van der Waals surface area (Å²) in [7, 11) is 0. The van der Waals surface area contributed by atoms with Gasteiger partial charge in [-0.05, 0) is 55.7 Å². The fourth-order valence-corrected chi connectivity index (χ4v) is 3.55. The summed E-state index contributed by atoms with van der Waals surface area (Å²) in [5, 5.41) is 3.74. The number of nitrogens with one attached hydrogen (secondary N) is 1. The number of unbranched alkanes of at least 4 members (excludes halogenated alkanes) is 3. The van der Waals surface area contributed by atoms with Crippen molar-refractivity contribution in [3.05, 3.63) is 48.0 Å². The van der Waals surface area contributed by atoms with Gasteiger partial charge in [0, 0.05) is 6.04 Å². The molecule has 0 radical (unpaired) electrons. The molecule has 0 spiro atoms. The van der Waals surface area contributed by atoms with Gasteiger partial charge in [0.1, 0.15) is 0 Å². The van der Waals surface area contributed by atoms with Gasteiger partial charge in [-0.3, -0.25) is 0 Å². The van der Waals surface area contributed by atoms with E-state index in [1.165, 1.54) is 38.5 Å². The number of fused-ring (bicyclic) bond motifs is 1. The quantitative estimate of drug-likeness (QED) is 0.501. The Kier molecular flexibility index (Phi) is 6.32. The first kappa shape index (κ1) is 15.3. The summed E-state index contributed by atoms with van der Waals surface area (Å²) in [4.78, 5) is 0. The minimum atomic E-state index is 0.660. The molecule has 0 amide bonds. The SMILES string of the molecule is C=CCCCCCC(NCC)C1CCc2ccccc21. The van der Waals surface area contributed by atoms with Crippen LogP contribution in [0.15, 0.2) is 36.9 Å². The largest absolute Gasteiger partial charge is 0.314 e. The Labute approximate surface area is 124 Å². The predicted molar refractivity (Wildman–Crippen MR) is 88.3 cm³/mol. The average molecular weight is 271 g/mol. The fraction of sp³-hybridized carbons (Fsp3) is 0.579. The standard InChI is InChI=1S/C19H29N/c1-3-5-6-7-8-13-19(20-4-2)18-15-14-16-11-9-10-12-17(16)18/h3,9-12,18-20H,1,4-8,13-15H2,2H3. The van der Waals surface area contributed by atoms with Crippen LogP contribution in [0.3, 0.4) is 0 Å². The monoisotopic (exact) mass is 271 g/mol. The lowest BCUT2D eigenvalue weighted by molar-refractivity contribution is 0.398. The highest BCUT2D eigenvalue weighted by atomic mass is 14.9. The Balaban J connectivity index is 1.90. The summed E-state index contributed by atoms with van der Waals surface area (Å²) < 4.78 is 0. The molecule has 0 fully saturated rings. The van der Waals surface area contributed by atoms with Gasteiger partial charge in [-0.15, -0.1) is 6.58 Å². The fourth-order valence-electron chi connectivity index (χ4n) is 3.55. The average Bonchev–Trinajstić information content (AvgIpc) is 2.90. The molecule has 0 aliphatic heterocycles. The lowest BCUT2D eigenvalue weighted by atomic mass is 9.89. The summed E-state index contributed by atoms with van der Waals surface area (Å²) in [6.07, 6.45) is 11.1.